The summed E-state index contributed by atoms with van der Waals surface area (Å²) < 4.78 is 6.93. The minimum absolute atomic E-state index is 0.0454. The number of nitrogens with zero attached hydrogens (tertiary/aromatic N) is 2. The molecule has 0 unspecified atom stereocenters. The minimum atomic E-state index is -0.447. The second kappa shape index (κ2) is 7.31. The molecule has 0 spiro atoms. The molecule has 142 valence electrons. The Hall–Kier alpha value is -3.41. The molecule has 6 heteroatoms. The molecule has 0 fully saturated rings. The zero-order valence-electron chi connectivity index (χ0n) is 15.9. The van der Waals surface area contributed by atoms with Gasteiger partial charge in [-0.25, -0.2) is 4.79 Å². The van der Waals surface area contributed by atoms with Crippen molar-refractivity contribution in [3.05, 3.63) is 75.8 Å². The fourth-order valence-corrected chi connectivity index (χ4v) is 3.42. The number of fused-ring (bicyclic) bond motifs is 3. The third-order valence-corrected chi connectivity index (χ3v) is 4.76. The summed E-state index contributed by atoms with van der Waals surface area (Å²) in [6, 6.07) is 13.8. The van der Waals surface area contributed by atoms with Crippen LogP contribution in [0.1, 0.15) is 16.7 Å². The van der Waals surface area contributed by atoms with Crippen LogP contribution in [0.25, 0.3) is 21.9 Å². The van der Waals surface area contributed by atoms with Gasteiger partial charge in [0, 0.05) is 11.9 Å². The Morgan fingerprint density at radius 2 is 1.93 bits per heavy atom. The fourth-order valence-electron chi connectivity index (χ4n) is 3.42. The first kappa shape index (κ1) is 18.0. The third kappa shape index (κ3) is 3.53. The Morgan fingerprint density at radius 1 is 1.11 bits per heavy atom. The highest BCUT2D eigenvalue weighted by molar-refractivity contribution is 6.02. The van der Waals surface area contributed by atoms with E-state index in [-0.39, 0.29) is 12.5 Å². The van der Waals surface area contributed by atoms with E-state index in [1.54, 1.807) is 10.7 Å². The van der Waals surface area contributed by atoms with Gasteiger partial charge in [0.15, 0.2) is 0 Å². The van der Waals surface area contributed by atoms with Crippen molar-refractivity contribution in [2.75, 3.05) is 6.54 Å². The van der Waals surface area contributed by atoms with E-state index in [9.17, 15) is 9.59 Å². The Labute approximate surface area is 161 Å². The van der Waals surface area contributed by atoms with E-state index in [2.05, 4.69) is 16.5 Å². The first-order valence-corrected chi connectivity index (χ1v) is 9.22. The van der Waals surface area contributed by atoms with E-state index in [1.807, 2.05) is 44.2 Å². The third-order valence-electron chi connectivity index (χ3n) is 4.76. The van der Waals surface area contributed by atoms with Gasteiger partial charge in [-0.15, -0.1) is 0 Å². The highest BCUT2D eigenvalue weighted by Gasteiger charge is 2.15. The predicted octanol–water partition coefficient (Wildman–Crippen LogP) is 3.12. The highest BCUT2D eigenvalue weighted by Crippen LogP contribution is 2.23. The summed E-state index contributed by atoms with van der Waals surface area (Å²) >= 11 is 0. The lowest BCUT2D eigenvalue weighted by Crippen LogP contribution is -2.29. The zero-order chi connectivity index (χ0) is 19.7. The van der Waals surface area contributed by atoms with Gasteiger partial charge in [0.2, 0.25) is 5.91 Å². The van der Waals surface area contributed by atoms with Crippen molar-refractivity contribution < 1.29 is 9.21 Å². The van der Waals surface area contributed by atoms with Crippen LogP contribution in [0.15, 0.2) is 57.9 Å². The average Bonchev–Trinajstić information content (AvgIpc) is 3.07. The van der Waals surface area contributed by atoms with E-state index in [0.29, 0.717) is 23.0 Å². The van der Waals surface area contributed by atoms with Gasteiger partial charge in [0.05, 0.1) is 11.7 Å². The maximum Gasteiger partial charge on any atom is 0.347 e. The van der Waals surface area contributed by atoms with Crippen molar-refractivity contribution in [3.8, 4) is 0 Å². The van der Waals surface area contributed by atoms with E-state index in [1.165, 1.54) is 17.3 Å². The number of carbonyl (C=O) groups is 1. The number of benzene rings is 2. The number of rotatable bonds is 5. The molecule has 4 rings (SSSR count). The Balaban J connectivity index is 1.54. The standard InChI is InChI=1S/C22H21N3O3/c1-14-4-3-5-16(10-14)8-9-23-20(26)13-25-21-17-11-15(2)6-7-19(17)28-22(27)18(21)12-24-25/h3-7,10-12H,8-9,13H2,1-2H3,(H,23,26). The molecule has 2 heterocycles. The molecule has 0 saturated heterocycles. The Bertz CT molecular complexity index is 1240. The van der Waals surface area contributed by atoms with Crippen molar-refractivity contribution >= 4 is 27.8 Å². The first-order valence-electron chi connectivity index (χ1n) is 9.22. The lowest BCUT2D eigenvalue weighted by atomic mass is 10.1. The van der Waals surface area contributed by atoms with Crippen LogP contribution in [0.4, 0.5) is 0 Å². The van der Waals surface area contributed by atoms with Crippen LogP contribution in [0.3, 0.4) is 0 Å². The molecule has 0 aliphatic heterocycles. The van der Waals surface area contributed by atoms with Crippen LogP contribution in [-0.4, -0.2) is 22.2 Å². The molecule has 0 atom stereocenters. The van der Waals surface area contributed by atoms with Crippen LogP contribution in [0.2, 0.25) is 0 Å². The van der Waals surface area contributed by atoms with E-state index < -0.39 is 5.63 Å². The molecule has 6 nitrogen and oxygen atoms in total. The monoisotopic (exact) mass is 375 g/mol. The molecule has 0 aliphatic carbocycles. The molecule has 2 aromatic carbocycles. The number of aromatic nitrogens is 2. The Morgan fingerprint density at radius 3 is 2.75 bits per heavy atom. The van der Waals surface area contributed by atoms with Gasteiger partial charge in [-0.2, -0.15) is 5.10 Å². The van der Waals surface area contributed by atoms with Gasteiger partial charge in [0.25, 0.3) is 0 Å². The fraction of sp³-hybridized carbons (Fsp3) is 0.227. The SMILES string of the molecule is Cc1cccc(CCNC(=O)Cn2ncc3c(=O)oc4ccc(C)cc4c32)c1. The summed E-state index contributed by atoms with van der Waals surface area (Å²) in [6.07, 6.45) is 2.22. The number of hydrogen-bond acceptors (Lipinski definition) is 4. The quantitative estimate of drug-likeness (QED) is 0.544. The molecule has 1 N–H and O–H groups in total. The van der Waals surface area contributed by atoms with E-state index >= 15 is 0 Å². The largest absolute Gasteiger partial charge is 0.422 e. The van der Waals surface area contributed by atoms with Gasteiger partial charge in [-0.1, -0.05) is 41.5 Å². The molecule has 0 aliphatic rings. The summed E-state index contributed by atoms with van der Waals surface area (Å²) in [4.78, 5) is 24.6. The average molecular weight is 375 g/mol. The molecular weight excluding hydrogens is 354 g/mol. The van der Waals surface area contributed by atoms with Gasteiger partial charge in [0.1, 0.15) is 17.5 Å². The number of hydrogen-bond donors (Lipinski definition) is 1. The molecule has 0 saturated carbocycles. The van der Waals surface area contributed by atoms with Gasteiger partial charge in [-0.05, 0) is 38.0 Å². The van der Waals surface area contributed by atoms with E-state index in [4.69, 9.17) is 4.42 Å². The van der Waals surface area contributed by atoms with Crippen molar-refractivity contribution in [2.45, 2.75) is 26.8 Å². The number of aryl methyl sites for hydroxylation is 2. The van der Waals surface area contributed by atoms with Crippen molar-refractivity contribution in [2.24, 2.45) is 0 Å². The van der Waals surface area contributed by atoms with Crippen molar-refractivity contribution in [1.82, 2.24) is 15.1 Å². The number of carbonyl (C=O) groups excluding carboxylic acids is 1. The molecule has 0 radical (unpaired) electrons. The summed E-state index contributed by atoms with van der Waals surface area (Å²) in [7, 11) is 0. The van der Waals surface area contributed by atoms with Crippen molar-refractivity contribution in [3.63, 3.8) is 0 Å². The van der Waals surface area contributed by atoms with Crippen LogP contribution in [0.5, 0.6) is 0 Å². The van der Waals surface area contributed by atoms with Gasteiger partial charge in [-0.3, -0.25) is 9.48 Å². The zero-order valence-corrected chi connectivity index (χ0v) is 15.9. The van der Waals surface area contributed by atoms with Crippen LogP contribution >= 0.6 is 0 Å². The summed E-state index contributed by atoms with van der Waals surface area (Å²) in [5.41, 5.74) is 4.10. The molecule has 2 aromatic heterocycles. The van der Waals surface area contributed by atoms with E-state index in [0.717, 1.165) is 17.4 Å². The lowest BCUT2D eigenvalue weighted by molar-refractivity contribution is -0.121. The second-order valence-corrected chi connectivity index (χ2v) is 7.04. The maximum atomic E-state index is 12.4. The van der Waals surface area contributed by atoms with Crippen LogP contribution in [-0.2, 0) is 17.8 Å². The maximum absolute atomic E-state index is 12.4. The predicted molar refractivity (Wildman–Crippen MR) is 108 cm³/mol. The lowest BCUT2D eigenvalue weighted by Gasteiger charge is -2.08. The van der Waals surface area contributed by atoms with Crippen LogP contribution in [0, 0.1) is 13.8 Å². The number of nitrogens with one attached hydrogen (secondary N) is 1. The first-order chi connectivity index (χ1) is 13.5. The summed E-state index contributed by atoms with van der Waals surface area (Å²) in [5, 5.41) is 8.33. The Kier molecular flexibility index (Phi) is 4.69. The molecule has 28 heavy (non-hydrogen) atoms. The highest BCUT2D eigenvalue weighted by atomic mass is 16.4. The smallest absolute Gasteiger partial charge is 0.347 e. The topological polar surface area (TPSA) is 77.1 Å². The minimum Gasteiger partial charge on any atom is -0.422 e. The number of amides is 1. The summed E-state index contributed by atoms with van der Waals surface area (Å²) in [5.74, 6) is -0.147. The van der Waals surface area contributed by atoms with Crippen molar-refractivity contribution in [1.29, 1.82) is 0 Å². The molecule has 4 aromatic rings. The normalized spacial score (nSPS) is 11.2. The summed E-state index contributed by atoms with van der Waals surface area (Å²) in [6.45, 7) is 4.61. The molecular formula is C22H21N3O3. The van der Waals surface area contributed by atoms with Gasteiger partial charge >= 0.3 is 5.63 Å². The molecule has 0 bridgehead atoms. The molecule has 1 amide bonds. The van der Waals surface area contributed by atoms with Crippen LogP contribution < -0.4 is 10.9 Å². The second-order valence-electron chi connectivity index (χ2n) is 7.04. The van der Waals surface area contributed by atoms with Gasteiger partial charge < -0.3 is 9.73 Å².